The van der Waals surface area contributed by atoms with Gasteiger partial charge in [0, 0.05) is 27.8 Å². The number of carbonyl (C=O) groups is 2. The van der Waals surface area contributed by atoms with Crippen LogP contribution in [0.1, 0.15) is 43.6 Å². The van der Waals surface area contributed by atoms with Gasteiger partial charge in [-0.15, -0.1) is 0 Å². The summed E-state index contributed by atoms with van der Waals surface area (Å²) in [7, 11) is 0. The van der Waals surface area contributed by atoms with Gasteiger partial charge in [-0.3, -0.25) is 9.59 Å². The van der Waals surface area contributed by atoms with E-state index in [9.17, 15) is 31.5 Å². The van der Waals surface area contributed by atoms with Crippen LogP contribution in [0.4, 0.5) is 27.6 Å². The van der Waals surface area contributed by atoms with Gasteiger partial charge in [0.05, 0.1) is 17.3 Å². The summed E-state index contributed by atoms with van der Waals surface area (Å²) in [6.07, 6.45) is -3.73. The van der Waals surface area contributed by atoms with Crippen LogP contribution in [0, 0.1) is 11.6 Å². The second-order valence-corrected chi connectivity index (χ2v) is 8.01. The highest BCUT2D eigenvalue weighted by atomic mass is 35.5. The third-order valence-corrected chi connectivity index (χ3v) is 5.73. The maximum atomic E-state index is 14.0. The zero-order valence-corrected chi connectivity index (χ0v) is 17.9. The number of alkyl halides is 3. The normalized spacial score (nSPS) is 15.3. The Kier molecular flexibility index (Phi) is 5.20. The number of benzene rings is 2. The van der Waals surface area contributed by atoms with Crippen LogP contribution in [-0.2, 0) is 6.18 Å². The van der Waals surface area contributed by atoms with Gasteiger partial charge in [0.1, 0.15) is 23.7 Å². The van der Waals surface area contributed by atoms with Gasteiger partial charge in [-0.25, -0.2) is 18.3 Å². The Bertz CT molecular complexity index is 1530. The number of hydrogen-bond acceptors (Lipinski definition) is 4. The van der Waals surface area contributed by atoms with Crippen LogP contribution in [0.15, 0.2) is 48.8 Å². The highest BCUT2D eigenvalue weighted by Gasteiger charge is 2.37. The molecule has 0 radical (unpaired) electrons. The van der Waals surface area contributed by atoms with Crippen molar-refractivity contribution < 1.29 is 31.5 Å². The molecule has 2 N–H and O–H groups in total. The van der Waals surface area contributed by atoms with Crippen LogP contribution in [0.25, 0.3) is 5.65 Å². The number of nitrogens with zero attached hydrogens (tertiary/aromatic N) is 3. The lowest BCUT2D eigenvalue weighted by Gasteiger charge is -2.18. The SMILES string of the molecule is O=C(Nc1cc2ncnn2c2c1C(c1cc(F)ccc1Cl)NC2=O)c1cc(F)cc(C(F)(F)F)c1. The van der Waals surface area contributed by atoms with Crippen LogP contribution < -0.4 is 10.6 Å². The number of rotatable bonds is 3. The predicted octanol–water partition coefficient (Wildman–Crippen LogP) is 4.76. The fourth-order valence-corrected chi connectivity index (χ4v) is 4.13. The fraction of sp³-hybridized carbons (Fsp3) is 0.0909. The molecule has 0 saturated heterocycles. The minimum Gasteiger partial charge on any atom is -0.340 e. The third-order valence-electron chi connectivity index (χ3n) is 5.39. The van der Waals surface area contributed by atoms with Gasteiger partial charge < -0.3 is 10.6 Å². The number of anilines is 1. The summed E-state index contributed by atoms with van der Waals surface area (Å²) in [4.78, 5) is 29.7. The van der Waals surface area contributed by atoms with Crippen molar-refractivity contribution in [2.45, 2.75) is 12.2 Å². The molecular weight excluding hydrogens is 497 g/mol. The average Bonchev–Trinajstić information content (AvgIpc) is 3.38. The first-order valence-corrected chi connectivity index (χ1v) is 10.2. The molecule has 1 aliphatic rings. The molecule has 1 atom stereocenters. The molecule has 13 heteroatoms. The molecule has 2 amide bonds. The molecule has 0 aliphatic carbocycles. The number of halogens is 6. The Hall–Kier alpha value is -4.06. The summed E-state index contributed by atoms with van der Waals surface area (Å²) in [5.74, 6) is -3.62. The molecule has 35 heavy (non-hydrogen) atoms. The van der Waals surface area contributed by atoms with E-state index in [1.165, 1.54) is 16.6 Å². The standard InChI is InChI=1S/C22H11ClF5N5O2/c23-14-2-1-11(24)6-13(14)18-17-15(7-16-29-8-30-33(16)19(17)21(35)32-18)31-20(34)9-3-10(22(26,27)28)5-12(25)4-9/h1-8,18H,(H,31,34)(H,32,35). The lowest BCUT2D eigenvalue weighted by Crippen LogP contribution is -2.21. The Morgan fingerprint density at radius 3 is 2.60 bits per heavy atom. The Balaban J connectivity index is 1.65. The van der Waals surface area contributed by atoms with E-state index < -0.39 is 46.8 Å². The number of nitrogens with one attached hydrogen (secondary N) is 2. The van der Waals surface area contributed by atoms with Crippen molar-refractivity contribution in [1.29, 1.82) is 0 Å². The van der Waals surface area contributed by atoms with Crippen molar-refractivity contribution in [2.75, 3.05) is 5.32 Å². The van der Waals surface area contributed by atoms with Gasteiger partial charge in [-0.05, 0) is 36.4 Å². The molecular formula is C22H11ClF5N5O2. The zero-order chi connectivity index (χ0) is 25.1. The van der Waals surface area contributed by atoms with Gasteiger partial charge in [0.25, 0.3) is 11.8 Å². The average molecular weight is 508 g/mol. The van der Waals surface area contributed by atoms with Gasteiger partial charge in [-0.2, -0.15) is 18.3 Å². The second kappa shape index (κ2) is 8.01. The maximum Gasteiger partial charge on any atom is 0.416 e. The summed E-state index contributed by atoms with van der Waals surface area (Å²) in [5.41, 5.74) is -1.61. The molecule has 2 aromatic carbocycles. The first-order valence-electron chi connectivity index (χ1n) is 9.84. The van der Waals surface area contributed by atoms with E-state index in [0.717, 1.165) is 18.5 Å². The van der Waals surface area contributed by atoms with E-state index >= 15 is 0 Å². The molecule has 2 aromatic heterocycles. The monoisotopic (exact) mass is 507 g/mol. The number of fused-ring (bicyclic) bond motifs is 3. The Morgan fingerprint density at radius 2 is 1.86 bits per heavy atom. The van der Waals surface area contributed by atoms with E-state index in [1.54, 1.807) is 0 Å². The highest BCUT2D eigenvalue weighted by molar-refractivity contribution is 6.31. The van der Waals surface area contributed by atoms with Crippen molar-refractivity contribution >= 4 is 34.7 Å². The summed E-state index contributed by atoms with van der Waals surface area (Å²) in [6, 6.07) is 5.20. The summed E-state index contributed by atoms with van der Waals surface area (Å²) < 4.78 is 68.3. The summed E-state index contributed by atoms with van der Waals surface area (Å²) in [6.45, 7) is 0. The first kappa shape index (κ1) is 22.7. The molecule has 1 aliphatic heterocycles. The lowest BCUT2D eigenvalue weighted by atomic mass is 9.98. The van der Waals surface area contributed by atoms with Crippen molar-refractivity contribution in [3.63, 3.8) is 0 Å². The topological polar surface area (TPSA) is 88.4 Å². The second-order valence-electron chi connectivity index (χ2n) is 7.60. The molecule has 7 nitrogen and oxygen atoms in total. The van der Waals surface area contributed by atoms with Gasteiger partial charge in [-0.1, -0.05) is 11.6 Å². The maximum absolute atomic E-state index is 14.0. The van der Waals surface area contributed by atoms with Crippen LogP contribution in [0.3, 0.4) is 0 Å². The van der Waals surface area contributed by atoms with Crippen molar-refractivity contribution in [2.24, 2.45) is 0 Å². The number of hydrogen-bond donors (Lipinski definition) is 2. The zero-order valence-electron chi connectivity index (χ0n) is 17.1. The van der Waals surface area contributed by atoms with Crippen LogP contribution in [0.5, 0.6) is 0 Å². The summed E-state index contributed by atoms with van der Waals surface area (Å²) >= 11 is 6.23. The molecule has 178 valence electrons. The van der Waals surface area contributed by atoms with Crippen LogP contribution in [-0.4, -0.2) is 26.4 Å². The van der Waals surface area contributed by atoms with Gasteiger partial charge >= 0.3 is 6.18 Å². The van der Waals surface area contributed by atoms with Gasteiger partial charge in [0.15, 0.2) is 5.65 Å². The number of carbonyl (C=O) groups excluding carboxylic acids is 2. The van der Waals surface area contributed by atoms with Crippen molar-refractivity contribution in [3.05, 3.63) is 93.4 Å². The number of amides is 2. The molecule has 0 spiro atoms. The van der Waals surface area contributed by atoms with Crippen molar-refractivity contribution in [1.82, 2.24) is 19.9 Å². The fourth-order valence-electron chi connectivity index (χ4n) is 3.90. The van der Waals surface area contributed by atoms with Crippen LogP contribution >= 0.6 is 11.6 Å². The van der Waals surface area contributed by atoms with E-state index in [0.29, 0.717) is 12.1 Å². The molecule has 0 saturated carbocycles. The molecule has 0 fully saturated rings. The minimum atomic E-state index is -4.88. The Morgan fingerprint density at radius 1 is 1.09 bits per heavy atom. The predicted molar refractivity (Wildman–Crippen MR) is 113 cm³/mol. The minimum absolute atomic E-state index is 0.0352. The highest BCUT2D eigenvalue weighted by Crippen LogP contribution is 2.40. The molecule has 0 bridgehead atoms. The smallest absolute Gasteiger partial charge is 0.340 e. The number of aromatic nitrogens is 3. The molecule has 4 aromatic rings. The Labute approximate surface area is 197 Å². The molecule has 1 unspecified atom stereocenters. The molecule has 5 rings (SSSR count). The van der Waals surface area contributed by atoms with E-state index in [-0.39, 0.29) is 39.2 Å². The van der Waals surface area contributed by atoms with Gasteiger partial charge in [0.2, 0.25) is 0 Å². The molecule has 3 heterocycles. The first-order chi connectivity index (χ1) is 16.5. The third kappa shape index (κ3) is 3.95. The van der Waals surface area contributed by atoms with Crippen molar-refractivity contribution in [3.8, 4) is 0 Å². The largest absolute Gasteiger partial charge is 0.416 e. The summed E-state index contributed by atoms with van der Waals surface area (Å²) in [5, 5.41) is 9.16. The van der Waals surface area contributed by atoms with E-state index in [2.05, 4.69) is 20.7 Å². The quantitative estimate of drug-likeness (QED) is 0.391. The number of pyridine rings is 1. The lowest BCUT2D eigenvalue weighted by molar-refractivity contribution is -0.137. The van der Waals surface area contributed by atoms with E-state index in [4.69, 9.17) is 11.6 Å². The van der Waals surface area contributed by atoms with Crippen LogP contribution in [0.2, 0.25) is 5.02 Å². The van der Waals surface area contributed by atoms with E-state index in [1.807, 2.05) is 0 Å².